The largest absolute Gasteiger partial charge is 0.395 e. The minimum absolute atomic E-state index is 0.0328. The van der Waals surface area contributed by atoms with Gasteiger partial charge in [0.05, 0.1) is 13.2 Å². The number of aromatic nitrogens is 1. The molecule has 2 N–H and O–H groups in total. The number of hydrogen-bond acceptors (Lipinski definition) is 5. The van der Waals surface area contributed by atoms with Gasteiger partial charge in [0.25, 0.3) is 0 Å². The van der Waals surface area contributed by atoms with Gasteiger partial charge in [0.2, 0.25) is 10.0 Å². The van der Waals surface area contributed by atoms with Gasteiger partial charge in [-0.3, -0.25) is 4.98 Å². The maximum absolute atomic E-state index is 12.2. The molecule has 1 aromatic rings. The van der Waals surface area contributed by atoms with Crippen LogP contribution < -0.4 is 4.72 Å². The van der Waals surface area contributed by atoms with E-state index in [1.54, 1.807) is 6.92 Å². The summed E-state index contributed by atoms with van der Waals surface area (Å²) < 4.78 is 32.1. The van der Waals surface area contributed by atoms with Gasteiger partial charge >= 0.3 is 0 Å². The Labute approximate surface area is 125 Å². The third-order valence-electron chi connectivity index (χ3n) is 2.42. The van der Waals surface area contributed by atoms with E-state index in [0.717, 1.165) is 0 Å². The van der Waals surface area contributed by atoms with Gasteiger partial charge in [-0.1, -0.05) is 11.8 Å². The molecule has 0 bridgehead atoms. The standard InChI is InChI=1S/C14H20N2O4S/c1-3-20-11-12(2)16-21(18,19)14-8-13(9-15-10-14)6-4-5-7-17/h8-10,12,16-17H,3,5,7,11H2,1-2H3. The molecule has 1 aromatic heterocycles. The van der Waals surface area contributed by atoms with E-state index in [4.69, 9.17) is 9.84 Å². The molecule has 1 heterocycles. The second-order valence-corrected chi connectivity index (χ2v) is 6.08. The summed E-state index contributed by atoms with van der Waals surface area (Å²) in [4.78, 5) is 3.94. The fraction of sp³-hybridized carbons (Fsp3) is 0.500. The Morgan fingerprint density at radius 1 is 1.48 bits per heavy atom. The highest BCUT2D eigenvalue weighted by molar-refractivity contribution is 7.89. The fourth-order valence-corrected chi connectivity index (χ4v) is 2.73. The van der Waals surface area contributed by atoms with Gasteiger partial charge in [-0.05, 0) is 19.9 Å². The summed E-state index contributed by atoms with van der Waals surface area (Å²) in [5.41, 5.74) is 0.490. The molecule has 1 atom stereocenters. The number of rotatable bonds is 7. The quantitative estimate of drug-likeness (QED) is 0.717. The van der Waals surface area contributed by atoms with Gasteiger partial charge in [-0.25, -0.2) is 13.1 Å². The number of aliphatic hydroxyl groups is 1. The van der Waals surface area contributed by atoms with Crippen LogP contribution in [0.3, 0.4) is 0 Å². The third-order valence-corrected chi connectivity index (χ3v) is 3.98. The SMILES string of the molecule is CCOCC(C)NS(=O)(=O)c1cncc(C#CCCO)c1. The molecule has 0 aliphatic heterocycles. The van der Waals surface area contributed by atoms with Crippen molar-refractivity contribution in [1.29, 1.82) is 0 Å². The molecule has 0 aliphatic carbocycles. The van der Waals surface area contributed by atoms with Crippen LogP contribution in [0.15, 0.2) is 23.4 Å². The Bertz CT molecular complexity index is 605. The zero-order valence-corrected chi connectivity index (χ0v) is 13.0. The zero-order chi connectivity index (χ0) is 15.7. The molecule has 0 saturated carbocycles. The number of nitrogens with one attached hydrogen (secondary N) is 1. The van der Waals surface area contributed by atoms with E-state index in [-0.39, 0.29) is 17.5 Å². The zero-order valence-electron chi connectivity index (χ0n) is 12.2. The molecule has 6 nitrogen and oxygen atoms in total. The van der Waals surface area contributed by atoms with Gasteiger partial charge in [-0.15, -0.1) is 0 Å². The summed E-state index contributed by atoms with van der Waals surface area (Å²) in [6, 6.07) is 1.12. The molecule has 0 fully saturated rings. The van der Waals surface area contributed by atoms with Crippen molar-refractivity contribution < 1.29 is 18.3 Å². The molecule has 0 spiro atoms. The summed E-state index contributed by atoms with van der Waals surface area (Å²) >= 11 is 0. The smallest absolute Gasteiger partial charge is 0.242 e. The van der Waals surface area contributed by atoms with Gasteiger partial charge < -0.3 is 9.84 Å². The molecule has 0 amide bonds. The normalized spacial score (nSPS) is 12.5. The van der Waals surface area contributed by atoms with Crippen molar-refractivity contribution in [3.8, 4) is 11.8 Å². The summed E-state index contributed by atoms with van der Waals surface area (Å²) in [5, 5.41) is 8.66. The van der Waals surface area contributed by atoms with Crippen LogP contribution in [0.1, 0.15) is 25.8 Å². The molecule has 21 heavy (non-hydrogen) atoms. The molecule has 7 heteroatoms. The van der Waals surface area contributed by atoms with Crippen molar-refractivity contribution in [3.63, 3.8) is 0 Å². The molecule has 1 unspecified atom stereocenters. The van der Waals surface area contributed by atoms with E-state index < -0.39 is 10.0 Å². The minimum Gasteiger partial charge on any atom is -0.395 e. The first-order valence-electron chi connectivity index (χ1n) is 6.64. The van der Waals surface area contributed by atoms with Crippen molar-refractivity contribution in [2.24, 2.45) is 0 Å². The number of aliphatic hydroxyl groups excluding tert-OH is 1. The maximum atomic E-state index is 12.2. The molecule has 116 valence electrons. The summed E-state index contributed by atoms with van der Waals surface area (Å²) in [6.07, 6.45) is 3.08. The molecule has 0 aromatic carbocycles. The molecule has 0 aliphatic rings. The average Bonchev–Trinajstić information content (AvgIpc) is 2.45. The first kappa shape index (κ1) is 17.6. The predicted octanol–water partition coefficient (Wildman–Crippen LogP) is 0.519. The monoisotopic (exact) mass is 312 g/mol. The van der Waals surface area contributed by atoms with Crippen LogP contribution in [0.5, 0.6) is 0 Å². The van der Waals surface area contributed by atoms with Gasteiger partial charge in [-0.2, -0.15) is 0 Å². The lowest BCUT2D eigenvalue weighted by molar-refractivity contribution is 0.133. The van der Waals surface area contributed by atoms with Crippen LogP contribution in [0.2, 0.25) is 0 Å². The Morgan fingerprint density at radius 3 is 2.90 bits per heavy atom. The van der Waals surface area contributed by atoms with Crippen LogP contribution >= 0.6 is 0 Å². The van der Waals surface area contributed by atoms with Crippen LogP contribution in [-0.2, 0) is 14.8 Å². The van der Waals surface area contributed by atoms with E-state index in [1.165, 1.54) is 18.5 Å². The maximum Gasteiger partial charge on any atom is 0.242 e. The summed E-state index contributed by atoms with van der Waals surface area (Å²) in [5.74, 6) is 5.48. The highest BCUT2D eigenvalue weighted by atomic mass is 32.2. The lowest BCUT2D eigenvalue weighted by Crippen LogP contribution is -2.36. The fourth-order valence-electron chi connectivity index (χ4n) is 1.52. The van der Waals surface area contributed by atoms with E-state index in [1.807, 2.05) is 6.92 Å². The lowest BCUT2D eigenvalue weighted by atomic mass is 10.3. The number of pyridine rings is 1. The van der Waals surface area contributed by atoms with Gasteiger partial charge in [0, 0.05) is 37.0 Å². The second kappa shape index (κ2) is 8.74. The van der Waals surface area contributed by atoms with E-state index in [0.29, 0.717) is 25.2 Å². The highest BCUT2D eigenvalue weighted by Crippen LogP contribution is 2.09. The van der Waals surface area contributed by atoms with E-state index in [9.17, 15) is 8.42 Å². The second-order valence-electron chi connectivity index (χ2n) is 4.37. The van der Waals surface area contributed by atoms with Crippen LogP contribution in [0.25, 0.3) is 0 Å². The molecular weight excluding hydrogens is 292 g/mol. The lowest BCUT2D eigenvalue weighted by Gasteiger charge is -2.13. The summed E-state index contributed by atoms with van der Waals surface area (Å²) in [7, 11) is -3.65. The Balaban J connectivity index is 2.84. The number of nitrogens with zero attached hydrogens (tertiary/aromatic N) is 1. The van der Waals surface area contributed by atoms with E-state index in [2.05, 4.69) is 21.5 Å². The average molecular weight is 312 g/mol. The Morgan fingerprint density at radius 2 is 2.24 bits per heavy atom. The topological polar surface area (TPSA) is 88.5 Å². The van der Waals surface area contributed by atoms with Crippen LogP contribution in [0.4, 0.5) is 0 Å². The summed E-state index contributed by atoms with van der Waals surface area (Å²) in [6.45, 7) is 4.38. The van der Waals surface area contributed by atoms with Crippen molar-refractivity contribution in [1.82, 2.24) is 9.71 Å². The van der Waals surface area contributed by atoms with Crippen LogP contribution in [-0.4, -0.2) is 44.4 Å². The van der Waals surface area contributed by atoms with Crippen molar-refractivity contribution in [2.45, 2.75) is 31.2 Å². The van der Waals surface area contributed by atoms with Gasteiger partial charge in [0.1, 0.15) is 4.90 Å². The van der Waals surface area contributed by atoms with Crippen LogP contribution in [0, 0.1) is 11.8 Å². The predicted molar refractivity (Wildman–Crippen MR) is 79.1 cm³/mol. The molecule has 0 saturated heterocycles. The molecule has 0 radical (unpaired) electrons. The van der Waals surface area contributed by atoms with Crippen molar-refractivity contribution in [2.75, 3.05) is 19.8 Å². The van der Waals surface area contributed by atoms with Crippen molar-refractivity contribution in [3.05, 3.63) is 24.0 Å². The highest BCUT2D eigenvalue weighted by Gasteiger charge is 2.18. The number of sulfonamides is 1. The third kappa shape index (κ3) is 6.23. The Hall–Kier alpha value is -1.46. The molecule has 1 rings (SSSR count). The Kier molecular flexibility index (Phi) is 7.32. The van der Waals surface area contributed by atoms with Crippen molar-refractivity contribution >= 4 is 10.0 Å². The first-order chi connectivity index (χ1) is 9.99. The minimum atomic E-state index is -3.65. The first-order valence-corrected chi connectivity index (χ1v) is 8.12. The number of ether oxygens (including phenoxy) is 1. The van der Waals surface area contributed by atoms with E-state index >= 15 is 0 Å². The molecular formula is C14H20N2O4S. The van der Waals surface area contributed by atoms with Gasteiger partial charge in [0.15, 0.2) is 0 Å². The number of hydrogen-bond donors (Lipinski definition) is 2.